The lowest BCUT2D eigenvalue weighted by Crippen LogP contribution is -2.42. The number of aromatic hydroxyl groups is 1. The van der Waals surface area contributed by atoms with Crippen LogP contribution in [0, 0.1) is 5.82 Å². The molecule has 106 valence electrons. The van der Waals surface area contributed by atoms with Gasteiger partial charge < -0.3 is 15.5 Å². The van der Waals surface area contributed by atoms with Gasteiger partial charge in [0.05, 0.1) is 12.1 Å². The van der Waals surface area contributed by atoms with Crippen LogP contribution in [0.3, 0.4) is 0 Å². The Bertz CT molecular complexity index is 574. The molecule has 1 unspecified atom stereocenters. The summed E-state index contributed by atoms with van der Waals surface area (Å²) in [6.45, 7) is 2.02. The van der Waals surface area contributed by atoms with Crippen LogP contribution in [-0.4, -0.2) is 16.8 Å². The van der Waals surface area contributed by atoms with Gasteiger partial charge in [0.2, 0.25) is 0 Å². The Morgan fingerprint density at radius 1 is 1.15 bits per heavy atom. The molecule has 0 aliphatic carbocycles. The molecule has 2 aromatic carbocycles. The standard InChI is InChI=1S/C16H18FNO2/c1-16(11-19,13-5-3-2-4-6-13)18-10-12-9-14(17)7-8-15(12)20/h2-9,18-20H,10-11H2,1H3. The van der Waals surface area contributed by atoms with E-state index in [1.165, 1.54) is 18.2 Å². The SMILES string of the molecule is CC(CO)(NCc1cc(F)ccc1O)c1ccccc1. The summed E-state index contributed by atoms with van der Waals surface area (Å²) in [7, 11) is 0. The monoisotopic (exact) mass is 275 g/mol. The van der Waals surface area contributed by atoms with Gasteiger partial charge in [0.25, 0.3) is 0 Å². The fraction of sp³-hybridized carbons (Fsp3) is 0.250. The summed E-state index contributed by atoms with van der Waals surface area (Å²) in [6.07, 6.45) is 0. The second kappa shape index (κ2) is 6.03. The molecule has 4 heteroatoms. The second-order valence-electron chi connectivity index (χ2n) is 4.98. The fourth-order valence-electron chi connectivity index (χ4n) is 2.04. The lowest BCUT2D eigenvalue weighted by atomic mass is 9.92. The van der Waals surface area contributed by atoms with Crippen molar-refractivity contribution < 1.29 is 14.6 Å². The Labute approximate surface area is 117 Å². The number of aliphatic hydroxyl groups excluding tert-OH is 1. The van der Waals surface area contributed by atoms with E-state index in [0.717, 1.165) is 5.56 Å². The number of phenolic OH excluding ortho intramolecular Hbond substituents is 1. The van der Waals surface area contributed by atoms with Crippen molar-refractivity contribution in [2.45, 2.75) is 19.0 Å². The molecule has 0 radical (unpaired) electrons. The zero-order valence-corrected chi connectivity index (χ0v) is 11.3. The molecular weight excluding hydrogens is 257 g/mol. The van der Waals surface area contributed by atoms with Gasteiger partial charge in [0.1, 0.15) is 11.6 Å². The lowest BCUT2D eigenvalue weighted by Gasteiger charge is -2.29. The van der Waals surface area contributed by atoms with Crippen LogP contribution >= 0.6 is 0 Å². The third-order valence-electron chi connectivity index (χ3n) is 3.44. The van der Waals surface area contributed by atoms with E-state index >= 15 is 0 Å². The number of nitrogens with one attached hydrogen (secondary N) is 1. The third kappa shape index (κ3) is 3.15. The van der Waals surface area contributed by atoms with E-state index in [4.69, 9.17) is 0 Å². The number of aliphatic hydroxyl groups is 1. The van der Waals surface area contributed by atoms with Gasteiger partial charge in [-0.2, -0.15) is 0 Å². The minimum absolute atomic E-state index is 0.0345. The number of benzene rings is 2. The van der Waals surface area contributed by atoms with Gasteiger partial charge in [-0.25, -0.2) is 4.39 Å². The Hall–Kier alpha value is -1.91. The molecule has 0 fully saturated rings. The predicted molar refractivity (Wildman–Crippen MR) is 75.8 cm³/mol. The van der Waals surface area contributed by atoms with Crippen molar-refractivity contribution in [3.8, 4) is 5.75 Å². The molecule has 3 nitrogen and oxygen atoms in total. The van der Waals surface area contributed by atoms with Crippen LogP contribution in [0.15, 0.2) is 48.5 Å². The smallest absolute Gasteiger partial charge is 0.123 e. The first-order valence-corrected chi connectivity index (χ1v) is 6.44. The van der Waals surface area contributed by atoms with Crippen molar-refractivity contribution in [1.82, 2.24) is 5.32 Å². The highest BCUT2D eigenvalue weighted by atomic mass is 19.1. The first-order valence-electron chi connectivity index (χ1n) is 6.44. The molecule has 0 bridgehead atoms. The minimum atomic E-state index is -0.653. The third-order valence-corrected chi connectivity index (χ3v) is 3.44. The topological polar surface area (TPSA) is 52.5 Å². The van der Waals surface area contributed by atoms with Crippen LogP contribution in [0.1, 0.15) is 18.1 Å². The summed E-state index contributed by atoms with van der Waals surface area (Å²) in [4.78, 5) is 0. The maximum atomic E-state index is 13.2. The molecule has 0 heterocycles. The van der Waals surface area contributed by atoms with Crippen molar-refractivity contribution in [2.24, 2.45) is 0 Å². The fourth-order valence-corrected chi connectivity index (χ4v) is 2.04. The summed E-state index contributed by atoms with van der Waals surface area (Å²) >= 11 is 0. The first kappa shape index (κ1) is 14.5. The summed E-state index contributed by atoms with van der Waals surface area (Å²) < 4.78 is 13.2. The zero-order valence-electron chi connectivity index (χ0n) is 11.3. The number of rotatable bonds is 5. The van der Waals surface area contributed by atoms with E-state index < -0.39 is 11.4 Å². The van der Waals surface area contributed by atoms with Crippen LogP contribution in [0.25, 0.3) is 0 Å². The maximum absolute atomic E-state index is 13.2. The molecule has 2 rings (SSSR count). The van der Waals surface area contributed by atoms with Crippen LogP contribution in [0.4, 0.5) is 4.39 Å². The quantitative estimate of drug-likeness (QED) is 0.786. The molecule has 0 saturated carbocycles. The van der Waals surface area contributed by atoms with Crippen LogP contribution in [0.2, 0.25) is 0 Å². The van der Waals surface area contributed by atoms with Crippen molar-refractivity contribution in [1.29, 1.82) is 0 Å². The summed E-state index contributed by atoms with van der Waals surface area (Å²) in [6, 6.07) is 13.3. The van der Waals surface area contributed by atoms with Crippen LogP contribution < -0.4 is 5.32 Å². The van der Waals surface area contributed by atoms with E-state index in [0.29, 0.717) is 5.56 Å². The number of phenols is 1. The van der Waals surface area contributed by atoms with Gasteiger partial charge in [-0.3, -0.25) is 0 Å². The molecule has 1 atom stereocenters. The molecule has 0 aromatic heterocycles. The Morgan fingerprint density at radius 3 is 2.50 bits per heavy atom. The molecule has 3 N–H and O–H groups in total. The van der Waals surface area contributed by atoms with Crippen LogP contribution in [-0.2, 0) is 12.1 Å². The molecule has 0 saturated heterocycles. The van der Waals surface area contributed by atoms with E-state index in [-0.39, 0.29) is 18.9 Å². The Balaban J connectivity index is 2.17. The highest BCUT2D eigenvalue weighted by Crippen LogP contribution is 2.23. The molecular formula is C16H18FNO2. The molecule has 0 spiro atoms. The Kier molecular flexibility index (Phi) is 4.37. The predicted octanol–water partition coefficient (Wildman–Crippen LogP) is 2.53. The van der Waals surface area contributed by atoms with Gasteiger partial charge in [-0.15, -0.1) is 0 Å². The van der Waals surface area contributed by atoms with E-state index in [1.807, 2.05) is 37.3 Å². The Morgan fingerprint density at radius 2 is 1.85 bits per heavy atom. The number of hydrogen-bond donors (Lipinski definition) is 3. The second-order valence-corrected chi connectivity index (χ2v) is 4.98. The van der Waals surface area contributed by atoms with Crippen molar-refractivity contribution in [3.63, 3.8) is 0 Å². The lowest BCUT2D eigenvalue weighted by molar-refractivity contribution is 0.173. The molecule has 2 aromatic rings. The molecule has 20 heavy (non-hydrogen) atoms. The first-order chi connectivity index (χ1) is 9.55. The van der Waals surface area contributed by atoms with E-state index in [2.05, 4.69) is 5.32 Å². The largest absolute Gasteiger partial charge is 0.508 e. The highest BCUT2D eigenvalue weighted by molar-refractivity contribution is 5.33. The summed E-state index contributed by atoms with van der Waals surface area (Å²) in [5.41, 5.74) is 0.735. The average molecular weight is 275 g/mol. The zero-order chi connectivity index (χ0) is 14.6. The maximum Gasteiger partial charge on any atom is 0.123 e. The summed E-state index contributed by atoms with van der Waals surface area (Å²) in [5, 5.41) is 22.5. The van der Waals surface area contributed by atoms with E-state index in [1.54, 1.807) is 0 Å². The summed E-state index contributed by atoms with van der Waals surface area (Å²) in [5.74, 6) is -0.364. The molecule has 0 aliphatic heterocycles. The minimum Gasteiger partial charge on any atom is -0.508 e. The van der Waals surface area contributed by atoms with Gasteiger partial charge in [-0.05, 0) is 30.7 Å². The molecule has 0 amide bonds. The van der Waals surface area contributed by atoms with Crippen molar-refractivity contribution in [2.75, 3.05) is 6.61 Å². The van der Waals surface area contributed by atoms with Gasteiger partial charge in [-0.1, -0.05) is 30.3 Å². The van der Waals surface area contributed by atoms with Crippen molar-refractivity contribution in [3.05, 3.63) is 65.5 Å². The van der Waals surface area contributed by atoms with Gasteiger partial charge in [0.15, 0.2) is 0 Å². The van der Waals surface area contributed by atoms with Crippen LogP contribution in [0.5, 0.6) is 5.75 Å². The number of halogens is 1. The number of hydrogen-bond acceptors (Lipinski definition) is 3. The van der Waals surface area contributed by atoms with Crippen molar-refractivity contribution >= 4 is 0 Å². The van der Waals surface area contributed by atoms with E-state index in [9.17, 15) is 14.6 Å². The highest BCUT2D eigenvalue weighted by Gasteiger charge is 2.25. The van der Waals surface area contributed by atoms with Gasteiger partial charge >= 0.3 is 0 Å². The molecule has 0 aliphatic rings. The normalized spacial score (nSPS) is 13.9. The van der Waals surface area contributed by atoms with Gasteiger partial charge in [0, 0.05) is 12.1 Å². The average Bonchev–Trinajstić information content (AvgIpc) is 2.49.